The lowest BCUT2D eigenvalue weighted by Crippen LogP contribution is -1.86. The van der Waals surface area contributed by atoms with Gasteiger partial charge in [-0.1, -0.05) is 19.4 Å². The number of H-pyrrole nitrogens is 1. The van der Waals surface area contributed by atoms with Gasteiger partial charge in [-0.05, 0) is 18.6 Å². The molecule has 0 aliphatic heterocycles. The molecule has 0 saturated carbocycles. The van der Waals surface area contributed by atoms with E-state index in [1.54, 1.807) is 6.07 Å². The van der Waals surface area contributed by atoms with Crippen LogP contribution < -0.4 is 0 Å². The monoisotopic (exact) mass is 274 g/mol. The maximum absolute atomic E-state index is 10.8. The first kappa shape index (κ1) is 15.9. The molecule has 0 saturated heterocycles. The fourth-order valence-corrected chi connectivity index (χ4v) is 1.66. The van der Waals surface area contributed by atoms with Gasteiger partial charge in [0.15, 0.2) is 6.29 Å². The smallest absolute Gasteiger partial charge is 0.152 e. The number of carbonyl (C=O) groups is 1. The van der Waals surface area contributed by atoms with Crippen LogP contribution in [0.15, 0.2) is 18.2 Å². The van der Waals surface area contributed by atoms with Crippen molar-refractivity contribution in [2.24, 2.45) is 0 Å². The number of benzene rings is 1. The molecule has 5 heteroatoms. The number of aromatic amines is 1. The molecule has 0 amide bonds. The number of fused-ring (bicyclic) bond motifs is 1. The molecule has 0 radical (unpaired) electrons. The van der Waals surface area contributed by atoms with Crippen LogP contribution in [0.3, 0.4) is 0 Å². The predicted octanol–water partition coefficient (Wildman–Crippen LogP) is 3.56. The van der Waals surface area contributed by atoms with Gasteiger partial charge in [0, 0.05) is 12.0 Å². The lowest BCUT2D eigenvalue weighted by molar-refractivity contribution is 0.112. The summed E-state index contributed by atoms with van der Waals surface area (Å²) in [6.45, 7) is 2.15. The summed E-state index contributed by atoms with van der Waals surface area (Å²) in [4.78, 5) is 18.5. The Bertz CT molecular complexity index is 482. The molecule has 1 N–H and O–H groups in total. The fourth-order valence-electron chi connectivity index (χ4n) is 1.66. The van der Waals surface area contributed by atoms with Gasteiger partial charge in [0.1, 0.15) is 5.82 Å². The average Bonchev–Trinajstić information content (AvgIpc) is 2.68. The number of nitrogens with one attached hydrogen (secondary N) is 1. The van der Waals surface area contributed by atoms with E-state index in [1.165, 1.54) is 0 Å². The highest BCUT2D eigenvalue weighted by Gasteiger charge is 2.05. The van der Waals surface area contributed by atoms with E-state index >= 15 is 0 Å². The minimum atomic E-state index is 0. The minimum Gasteiger partial charge on any atom is -0.342 e. The van der Waals surface area contributed by atoms with E-state index < -0.39 is 0 Å². The van der Waals surface area contributed by atoms with Crippen molar-refractivity contribution in [3.8, 4) is 0 Å². The van der Waals surface area contributed by atoms with Crippen LogP contribution >= 0.6 is 24.8 Å². The van der Waals surface area contributed by atoms with Crippen LogP contribution in [0.4, 0.5) is 0 Å². The van der Waals surface area contributed by atoms with Crippen LogP contribution in [0.1, 0.15) is 35.9 Å². The molecule has 2 rings (SSSR count). The Hall–Kier alpha value is -1.06. The predicted molar refractivity (Wildman–Crippen MR) is 74.6 cm³/mol. The van der Waals surface area contributed by atoms with E-state index in [4.69, 9.17) is 0 Å². The van der Waals surface area contributed by atoms with Gasteiger partial charge in [0.2, 0.25) is 0 Å². The second-order valence-electron chi connectivity index (χ2n) is 3.65. The first-order valence-electron chi connectivity index (χ1n) is 5.28. The van der Waals surface area contributed by atoms with E-state index in [0.717, 1.165) is 42.4 Å². The van der Waals surface area contributed by atoms with Gasteiger partial charge in [-0.2, -0.15) is 0 Å². The molecule has 94 valence electrons. The Kier molecular flexibility index (Phi) is 6.85. The summed E-state index contributed by atoms with van der Waals surface area (Å²) in [6, 6.07) is 5.61. The second-order valence-corrected chi connectivity index (χ2v) is 3.65. The number of unbranched alkanes of at least 4 members (excludes halogenated alkanes) is 1. The van der Waals surface area contributed by atoms with Gasteiger partial charge in [-0.15, -0.1) is 24.8 Å². The fraction of sp³-hybridized carbons (Fsp3) is 0.333. The van der Waals surface area contributed by atoms with Crippen LogP contribution in [-0.2, 0) is 6.42 Å². The molecule has 0 atom stereocenters. The molecule has 1 aromatic carbocycles. The third-order valence-corrected chi connectivity index (χ3v) is 2.49. The van der Waals surface area contributed by atoms with Crippen molar-refractivity contribution in [1.29, 1.82) is 0 Å². The number of aryl methyl sites for hydroxylation is 1. The zero-order chi connectivity index (χ0) is 10.7. The molecule has 17 heavy (non-hydrogen) atoms. The number of aldehydes is 1. The molecule has 0 fully saturated rings. The van der Waals surface area contributed by atoms with E-state index in [2.05, 4.69) is 16.9 Å². The van der Waals surface area contributed by atoms with Crippen LogP contribution in [0.25, 0.3) is 11.0 Å². The Morgan fingerprint density at radius 3 is 2.76 bits per heavy atom. The van der Waals surface area contributed by atoms with E-state index in [-0.39, 0.29) is 24.8 Å². The van der Waals surface area contributed by atoms with Gasteiger partial charge in [-0.3, -0.25) is 4.79 Å². The van der Waals surface area contributed by atoms with Crippen molar-refractivity contribution in [2.75, 3.05) is 0 Å². The number of nitrogens with zero attached hydrogens (tertiary/aromatic N) is 1. The zero-order valence-corrected chi connectivity index (χ0v) is 11.2. The summed E-state index contributed by atoms with van der Waals surface area (Å²) in [5.74, 6) is 0.973. The van der Waals surface area contributed by atoms with Crippen LogP contribution in [0.5, 0.6) is 0 Å². The average molecular weight is 275 g/mol. The Morgan fingerprint density at radius 2 is 2.12 bits per heavy atom. The number of para-hydroxylation sites is 1. The lowest BCUT2D eigenvalue weighted by atomic mass is 10.2. The molecule has 1 aromatic heterocycles. The topological polar surface area (TPSA) is 45.8 Å². The van der Waals surface area contributed by atoms with E-state index in [0.29, 0.717) is 5.56 Å². The number of rotatable bonds is 4. The number of carbonyl (C=O) groups excluding carboxylic acids is 1. The highest BCUT2D eigenvalue weighted by molar-refractivity contribution is 5.94. The normalized spacial score (nSPS) is 9.47. The Labute approximate surface area is 113 Å². The maximum Gasteiger partial charge on any atom is 0.152 e. The van der Waals surface area contributed by atoms with Crippen molar-refractivity contribution < 1.29 is 4.79 Å². The maximum atomic E-state index is 10.8. The molecular formula is C12H16Cl2N2O. The third-order valence-electron chi connectivity index (χ3n) is 2.49. The first-order valence-corrected chi connectivity index (χ1v) is 5.28. The number of imidazole rings is 1. The van der Waals surface area contributed by atoms with Crippen LogP contribution in [-0.4, -0.2) is 16.3 Å². The lowest BCUT2D eigenvalue weighted by Gasteiger charge is -1.90. The highest BCUT2D eigenvalue weighted by Crippen LogP contribution is 2.15. The number of aromatic nitrogens is 2. The molecule has 0 unspecified atom stereocenters. The Balaban J connectivity index is 0.00000128. The van der Waals surface area contributed by atoms with Gasteiger partial charge in [-0.25, -0.2) is 4.98 Å². The Morgan fingerprint density at radius 1 is 1.35 bits per heavy atom. The molecule has 3 nitrogen and oxygen atoms in total. The highest BCUT2D eigenvalue weighted by atomic mass is 35.5. The standard InChI is InChI=1S/C12H14N2O.2ClH/c1-2-3-7-11-13-10-6-4-5-9(8-15)12(10)14-11;;/h4-6,8H,2-3,7H2,1H3,(H,13,14);2*1H. The summed E-state index contributed by atoms with van der Waals surface area (Å²) in [6.07, 6.45) is 4.07. The van der Waals surface area contributed by atoms with Crippen molar-refractivity contribution in [3.05, 3.63) is 29.6 Å². The summed E-state index contributed by atoms with van der Waals surface area (Å²) in [5.41, 5.74) is 2.40. The largest absolute Gasteiger partial charge is 0.342 e. The minimum absolute atomic E-state index is 0. The van der Waals surface area contributed by atoms with E-state index in [1.807, 2.05) is 12.1 Å². The number of hydrogen-bond acceptors (Lipinski definition) is 2. The molecule has 0 aliphatic carbocycles. The van der Waals surface area contributed by atoms with Gasteiger partial charge >= 0.3 is 0 Å². The molecule has 0 aliphatic rings. The van der Waals surface area contributed by atoms with Crippen LogP contribution in [0, 0.1) is 0 Å². The zero-order valence-electron chi connectivity index (χ0n) is 9.60. The van der Waals surface area contributed by atoms with Crippen molar-refractivity contribution in [3.63, 3.8) is 0 Å². The number of halogens is 2. The second kappa shape index (κ2) is 7.30. The van der Waals surface area contributed by atoms with Crippen LogP contribution in [0.2, 0.25) is 0 Å². The van der Waals surface area contributed by atoms with Crippen molar-refractivity contribution in [1.82, 2.24) is 9.97 Å². The van der Waals surface area contributed by atoms with Crippen molar-refractivity contribution >= 4 is 42.1 Å². The molecule has 2 aromatic rings. The SMILES string of the molecule is CCCCc1nc2c(C=O)cccc2[nH]1.Cl.Cl. The van der Waals surface area contributed by atoms with Crippen molar-refractivity contribution in [2.45, 2.75) is 26.2 Å². The molecule has 1 heterocycles. The quantitative estimate of drug-likeness (QED) is 0.867. The molecule has 0 spiro atoms. The van der Waals surface area contributed by atoms with Gasteiger partial charge in [0.05, 0.1) is 11.0 Å². The summed E-state index contributed by atoms with van der Waals surface area (Å²) in [5, 5.41) is 0. The summed E-state index contributed by atoms with van der Waals surface area (Å²) >= 11 is 0. The third kappa shape index (κ3) is 3.45. The van der Waals surface area contributed by atoms with Gasteiger partial charge < -0.3 is 4.98 Å². The first-order chi connectivity index (χ1) is 7.35. The summed E-state index contributed by atoms with van der Waals surface area (Å²) < 4.78 is 0. The summed E-state index contributed by atoms with van der Waals surface area (Å²) in [7, 11) is 0. The van der Waals surface area contributed by atoms with Gasteiger partial charge in [0.25, 0.3) is 0 Å². The molecular weight excluding hydrogens is 259 g/mol. The molecule has 0 bridgehead atoms. The number of hydrogen-bond donors (Lipinski definition) is 1. The van der Waals surface area contributed by atoms with E-state index in [9.17, 15) is 4.79 Å².